The van der Waals surface area contributed by atoms with E-state index in [1.54, 1.807) is 11.0 Å². The standard InChI is InChI=1S/C25H32N6O2/c1-3-27-25(28-14-20-7-10-22(11-8-20)31-18-26-17-30-31)29-15-21-9-6-19(2)13-24(21)33-16-23-5-4-12-32-23/h6-11,13,17-18,23H,3-5,12,14-16H2,1-2H3,(H2,27,28,29). The number of aromatic nitrogens is 3. The number of aryl methyl sites for hydroxylation is 1. The van der Waals surface area contributed by atoms with E-state index in [0.717, 1.165) is 54.5 Å². The topological polar surface area (TPSA) is 85.6 Å². The molecular weight excluding hydrogens is 416 g/mol. The molecule has 1 aliphatic rings. The summed E-state index contributed by atoms with van der Waals surface area (Å²) in [4.78, 5) is 8.73. The molecule has 0 radical (unpaired) electrons. The predicted molar refractivity (Wildman–Crippen MR) is 129 cm³/mol. The smallest absolute Gasteiger partial charge is 0.191 e. The first-order valence-corrected chi connectivity index (χ1v) is 11.5. The van der Waals surface area contributed by atoms with Crippen LogP contribution in [-0.4, -0.2) is 46.6 Å². The van der Waals surface area contributed by atoms with E-state index in [9.17, 15) is 0 Å². The Morgan fingerprint density at radius 1 is 1.21 bits per heavy atom. The summed E-state index contributed by atoms with van der Waals surface area (Å²) in [6, 6.07) is 14.5. The molecule has 3 aromatic rings. The molecule has 2 heterocycles. The lowest BCUT2D eigenvalue weighted by Gasteiger charge is -2.17. The van der Waals surface area contributed by atoms with E-state index < -0.39 is 0 Å². The van der Waals surface area contributed by atoms with Crippen molar-refractivity contribution in [3.63, 3.8) is 0 Å². The van der Waals surface area contributed by atoms with Gasteiger partial charge in [0.25, 0.3) is 0 Å². The van der Waals surface area contributed by atoms with Gasteiger partial charge in [0.15, 0.2) is 5.96 Å². The SMILES string of the molecule is CCNC(=NCc1ccc(-n2cncn2)cc1)NCc1ccc(C)cc1OCC1CCCO1. The van der Waals surface area contributed by atoms with Gasteiger partial charge in [-0.1, -0.05) is 24.3 Å². The average Bonchev–Trinajstić information content (AvgIpc) is 3.55. The van der Waals surface area contributed by atoms with Gasteiger partial charge in [0.2, 0.25) is 0 Å². The van der Waals surface area contributed by atoms with Crippen molar-refractivity contribution in [3.8, 4) is 11.4 Å². The van der Waals surface area contributed by atoms with Crippen LogP contribution in [0.25, 0.3) is 5.69 Å². The Bertz CT molecular complexity index is 1030. The van der Waals surface area contributed by atoms with Gasteiger partial charge in [-0.3, -0.25) is 0 Å². The molecule has 1 saturated heterocycles. The molecule has 1 aromatic heterocycles. The van der Waals surface area contributed by atoms with Crippen LogP contribution in [0.4, 0.5) is 0 Å². The summed E-state index contributed by atoms with van der Waals surface area (Å²) in [5, 5.41) is 10.9. The van der Waals surface area contributed by atoms with E-state index in [0.29, 0.717) is 19.7 Å². The van der Waals surface area contributed by atoms with Gasteiger partial charge < -0.3 is 20.1 Å². The summed E-state index contributed by atoms with van der Waals surface area (Å²) in [6.07, 6.45) is 5.59. The quantitative estimate of drug-likeness (QED) is 0.386. The van der Waals surface area contributed by atoms with Gasteiger partial charge in [-0.15, -0.1) is 0 Å². The van der Waals surface area contributed by atoms with E-state index in [1.165, 1.54) is 11.9 Å². The van der Waals surface area contributed by atoms with Gasteiger partial charge in [-0.05, 0) is 56.0 Å². The van der Waals surface area contributed by atoms with Gasteiger partial charge in [0.05, 0.1) is 18.3 Å². The van der Waals surface area contributed by atoms with Crippen LogP contribution in [-0.2, 0) is 17.8 Å². The molecule has 1 fully saturated rings. The van der Waals surface area contributed by atoms with Crippen LogP contribution >= 0.6 is 0 Å². The molecule has 0 spiro atoms. The highest BCUT2D eigenvalue weighted by Crippen LogP contribution is 2.22. The third-order valence-electron chi connectivity index (χ3n) is 5.50. The average molecular weight is 449 g/mol. The van der Waals surface area contributed by atoms with E-state index in [1.807, 2.05) is 12.1 Å². The fourth-order valence-electron chi connectivity index (χ4n) is 3.69. The van der Waals surface area contributed by atoms with E-state index in [-0.39, 0.29) is 6.10 Å². The normalized spacial score (nSPS) is 16.1. The Morgan fingerprint density at radius 3 is 2.82 bits per heavy atom. The lowest BCUT2D eigenvalue weighted by atomic mass is 10.1. The lowest BCUT2D eigenvalue weighted by Crippen LogP contribution is -2.36. The van der Waals surface area contributed by atoms with Crippen LogP contribution in [0.1, 0.15) is 36.5 Å². The number of aliphatic imine (C=N–C) groups is 1. The molecule has 1 aliphatic heterocycles. The maximum absolute atomic E-state index is 6.13. The highest BCUT2D eigenvalue weighted by Gasteiger charge is 2.17. The molecule has 0 saturated carbocycles. The van der Waals surface area contributed by atoms with Gasteiger partial charge in [-0.2, -0.15) is 5.10 Å². The molecule has 8 heteroatoms. The predicted octanol–water partition coefficient (Wildman–Crippen LogP) is 3.39. The fraction of sp³-hybridized carbons (Fsp3) is 0.400. The van der Waals surface area contributed by atoms with Crippen molar-refractivity contribution in [2.24, 2.45) is 4.99 Å². The molecule has 2 aromatic carbocycles. The molecule has 0 bridgehead atoms. The summed E-state index contributed by atoms with van der Waals surface area (Å²) in [7, 11) is 0. The van der Waals surface area contributed by atoms with Crippen LogP contribution < -0.4 is 15.4 Å². The molecule has 2 N–H and O–H groups in total. The van der Waals surface area contributed by atoms with Gasteiger partial charge in [0, 0.05) is 25.3 Å². The van der Waals surface area contributed by atoms with E-state index >= 15 is 0 Å². The second-order valence-electron chi connectivity index (χ2n) is 8.11. The molecule has 0 aliphatic carbocycles. The van der Waals surface area contributed by atoms with Crippen LogP contribution in [0.3, 0.4) is 0 Å². The van der Waals surface area contributed by atoms with Crippen molar-refractivity contribution in [1.29, 1.82) is 0 Å². The number of guanidine groups is 1. The second-order valence-corrected chi connectivity index (χ2v) is 8.11. The summed E-state index contributed by atoms with van der Waals surface area (Å²) in [6.45, 7) is 7.55. The zero-order chi connectivity index (χ0) is 22.9. The summed E-state index contributed by atoms with van der Waals surface area (Å²) < 4.78 is 13.6. The van der Waals surface area contributed by atoms with Gasteiger partial charge in [0.1, 0.15) is 25.0 Å². The number of nitrogens with one attached hydrogen (secondary N) is 2. The number of benzene rings is 2. The van der Waals surface area contributed by atoms with Gasteiger partial charge >= 0.3 is 0 Å². The molecule has 33 heavy (non-hydrogen) atoms. The van der Waals surface area contributed by atoms with Crippen LogP contribution in [0, 0.1) is 6.92 Å². The van der Waals surface area contributed by atoms with Crippen molar-refractivity contribution in [1.82, 2.24) is 25.4 Å². The van der Waals surface area contributed by atoms with Crippen molar-refractivity contribution in [2.75, 3.05) is 19.8 Å². The first kappa shape index (κ1) is 22.8. The maximum atomic E-state index is 6.13. The minimum absolute atomic E-state index is 0.196. The highest BCUT2D eigenvalue weighted by atomic mass is 16.5. The van der Waals surface area contributed by atoms with Crippen LogP contribution in [0.5, 0.6) is 5.75 Å². The van der Waals surface area contributed by atoms with Crippen LogP contribution in [0.2, 0.25) is 0 Å². The Morgan fingerprint density at radius 2 is 2.09 bits per heavy atom. The Kier molecular flexibility index (Phi) is 7.92. The summed E-state index contributed by atoms with van der Waals surface area (Å²) in [5.41, 5.74) is 4.37. The third-order valence-corrected chi connectivity index (χ3v) is 5.50. The van der Waals surface area contributed by atoms with E-state index in [4.69, 9.17) is 14.5 Å². The van der Waals surface area contributed by atoms with Crippen molar-refractivity contribution >= 4 is 5.96 Å². The zero-order valence-corrected chi connectivity index (χ0v) is 19.3. The second kappa shape index (κ2) is 11.5. The Hall–Kier alpha value is -3.39. The molecule has 174 valence electrons. The molecule has 1 atom stereocenters. The van der Waals surface area contributed by atoms with Crippen LogP contribution in [0.15, 0.2) is 60.1 Å². The Balaban J connectivity index is 1.37. The fourth-order valence-corrected chi connectivity index (χ4v) is 3.69. The first-order valence-electron chi connectivity index (χ1n) is 11.5. The first-order chi connectivity index (χ1) is 16.2. The molecule has 0 amide bonds. The molecule has 8 nitrogen and oxygen atoms in total. The zero-order valence-electron chi connectivity index (χ0n) is 19.3. The minimum Gasteiger partial charge on any atom is -0.491 e. The number of ether oxygens (including phenoxy) is 2. The van der Waals surface area contributed by atoms with Crippen molar-refractivity contribution in [3.05, 3.63) is 71.8 Å². The minimum atomic E-state index is 0.196. The number of nitrogens with zero attached hydrogens (tertiary/aromatic N) is 4. The third kappa shape index (κ3) is 6.55. The maximum Gasteiger partial charge on any atom is 0.191 e. The van der Waals surface area contributed by atoms with Crippen molar-refractivity contribution < 1.29 is 9.47 Å². The monoisotopic (exact) mass is 448 g/mol. The summed E-state index contributed by atoms with van der Waals surface area (Å²) in [5.74, 6) is 1.67. The van der Waals surface area contributed by atoms with Gasteiger partial charge in [-0.25, -0.2) is 14.7 Å². The Labute approximate surface area is 195 Å². The molecule has 1 unspecified atom stereocenters. The number of hydrogen-bond acceptors (Lipinski definition) is 5. The largest absolute Gasteiger partial charge is 0.491 e. The molecular formula is C25H32N6O2. The lowest BCUT2D eigenvalue weighted by molar-refractivity contribution is 0.0676. The highest BCUT2D eigenvalue weighted by molar-refractivity contribution is 5.79. The van der Waals surface area contributed by atoms with E-state index in [2.05, 4.69) is 64.9 Å². The summed E-state index contributed by atoms with van der Waals surface area (Å²) >= 11 is 0. The number of rotatable bonds is 9. The van der Waals surface area contributed by atoms with Crippen molar-refractivity contribution in [2.45, 2.75) is 45.9 Å². The number of hydrogen-bond donors (Lipinski definition) is 2. The molecule has 4 rings (SSSR count).